The number of rotatable bonds is 11. The number of nitrogens with two attached hydrogens (primary N) is 1. The number of anilines is 1. The number of carbonyl (C=O) groups excluding carboxylic acids is 2. The highest BCUT2D eigenvalue weighted by molar-refractivity contribution is 8.26. The van der Waals surface area contributed by atoms with Gasteiger partial charge in [-0.2, -0.15) is 10.5 Å². The van der Waals surface area contributed by atoms with Crippen LogP contribution in [-0.4, -0.2) is 51.2 Å². The Balaban J connectivity index is 0.000000136. The molecule has 3 N–H and O–H groups in total. The number of carbonyl (C=O) groups is 3. The summed E-state index contributed by atoms with van der Waals surface area (Å²) in [6.45, 7) is 0. The molecule has 13 nitrogen and oxygen atoms in total. The molecule has 6 aliphatic rings. The molecule has 460 valence electrons. The molecule has 14 rings (SSSR count). The standard InChI is InChI=1S/C26H22FN3O.C19H17ClFNO.C19H18FNO2.C6H5N3.Cl2OS/c27-21-2-4-26-25(13-21)24(5-6-29-26)20-11-18-7-17(8-19(18)12-20)10-23(31)9-16-1-3-22(14-28)30-15-16;20-19(23)7-11-5-12-8-14(9-13(12)6-11)16-3-4-22-18-2-1-15(21)10-17(16)18;20-15-1-2-18-17(10-15)16(3-4-21-18)14-8-12-5-11(7-19(22)23)6-13(12)9-14;7-3-6-2-1-5(8)4-9-6;1-4(2)3/h1-6,11,13,15,17-19H,7-10,12H2;1-4,8,10-13H,5-7,9H2;1-4,8,10-13H,5-7,9H2,(H,22,23);1-2,4H,8H2;/t17-,18-,19+;2*11?,12-,13+;;/m000../s1. The number of hydrogen-bond donors (Lipinski definition) is 2. The van der Waals surface area contributed by atoms with Gasteiger partial charge in [-0.05, 0) is 253 Å². The number of halogens is 6. The molecule has 0 bridgehead atoms. The summed E-state index contributed by atoms with van der Waals surface area (Å²) in [5.41, 5.74) is 17.0. The summed E-state index contributed by atoms with van der Waals surface area (Å²) in [5, 5.41) is 28.4. The third kappa shape index (κ3) is 16.6. The Morgan fingerprint density at radius 1 is 0.544 bits per heavy atom. The number of aliphatic carboxylic acids is 1. The first-order valence-corrected chi connectivity index (χ1v) is 32.9. The molecule has 9 atom stereocenters. The van der Waals surface area contributed by atoms with Gasteiger partial charge in [-0.1, -0.05) is 24.3 Å². The van der Waals surface area contributed by atoms with Gasteiger partial charge < -0.3 is 10.8 Å². The first-order chi connectivity index (χ1) is 43.3. The first-order valence-electron chi connectivity index (χ1n) is 29.7. The molecule has 3 aromatic carbocycles. The second kappa shape index (κ2) is 29.6. The Hall–Kier alpha value is -8.19. The van der Waals surface area contributed by atoms with Crippen LogP contribution in [0.3, 0.4) is 0 Å². The number of pyridine rings is 5. The molecule has 6 aliphatic carbocycles. The van der Waals surface area contributed by atoms with Crippen LogP contribution in [0.15, 0.2) is 146 Å². The predicted octanol–water partition coefficient (Wildman–Crippen LogP) is 16.1. The number of allylic oxidation sites excluding steroid dienone is 6. The van der Waals surface area contributed by atoms with Crippen molar-refractivity contribution in [1.29, 1.82) is 10.5 Å². The molecular formula is C70H62Cl3F3N8O5S. The summed E-state index contributed by atoms with van der Waals surface area (Å²) in [5.74, 6) is 3.09. The van der Waals surface area contributed by atoms with E-state index in [4.69, 9.17) is 37.2 Å². The Kier molecular flexibility index (Phi) is 21.3. The van der Waals surface area contributed by atoms with Gasteiger partial charge in [0.2, 0.25) is 14.5 Å². The minimum absolute atomic E-state index is 0.227. The highest BCUT2D eigenvalue weighted by atomic mass is 36.0. The van der Waals surface area contributed by atoms with E-state index in [2.05, 4.69) is 64.5 Å². The van der Waals surface area contributed by atoms with Crippen LogP contribution in [0.4, 0.5) is 18.9 Å². The van der Waals surface area contributed by atoms with E-state index in [0.29, 0.717) is 89.6 Å². The lowest BCUT2D eigenvalue weighted by molar-refractivity contribution is -0.138. The maximum atomic E-state index is 13.8. The smallest absolute Gasteiger partial charge is 0.303 e. The number of nitriles is 2. The summed E-state index contributed by atoms with van der Waals surface area (Å²) < 4.78 is 50.1. The molecule has 3 saturated carbocycles. The van der Waals surface area contributed by atoms with E-state index < -0.39 is 15.2 Å². The van der Waals surface area contributed by atoms with Gasteiger partial charge in [-0.15, -0.1) is 0 Å². The number of benzene rings is 3. The number of carboxylic acids is 1. The second-order valence-electron chi connectivity index (χ2n) is 24.0. The summed E-state index contributed by atoms with van der Waals surface area (Å²) in [7, 11) is 7.36. The van der Waals surface area contributed by atoms with E-state index in [1.54, 1.807) is 79.4 Å². The van der Waals surface area contributed by atoms with Gasteiger partial charge in [-0.3, -0.25) is 29.3 Å². The molecule has 0 radical (unpaired) electrons. The summed E-state index contributed by atoms with van der Waals surface area (Å²) in [4.78, 5) is 55.3. The van der Waals surface area contributed by atoms with E-state index in [1.165, 1.54) is 41.1 Å². The Labute approximate surface area is 535 Å². The fraction of sp³-hybridized carbons (Fsp3) is 0.314. The zero-order valence-corrected chi connectivity index (χ0v) is 51.8. The predicted molar refractivity (Wildman–Crippen MR) is 345 cm³/mol. The third-order valence-electron chi connectivity index (χ3n) is 18.1. The molecule has 5 heterocycles. The second-order valence-corrected chi connectivity index (χ2v) is 27.0. The zero-order chi connectivity index (χ0) is 63.6. The molecule has 5 aromatic heterocycles. The number of aromatic nitrogens is 5. The monoisotopic (exact) mass is 1290 g/mol. The molecule has 20 heteroatoms. The normalized spacial score (nSPS) is 22.3. The van der Waals surface area contributed by atoms with Gasteiger partial charge in [0.15, 0.2) is 0 Å². The topological polar surface area (TPSA) is 227 Å². The summed E-state index contributed by atoms with van der Waals surface area (Å²) in [6.07, 6.45) is 26.2. The maximum absolute atomic E-state index is 13.8. The van der Waals surface area contributed by atoms with Crippen molar-refractivity contribution in [3.8, 4) is 12.1 Å². The molecular weight excluding hydrogens is 1230 g/mol. The quantitative estimate of drug-likeness (QED) is 0.115. The van der Waals surface area contributed by atoms with Crippen LogP contribution in [0.1, 0.15) is 111 Å². The number of ketones is 1. The number of fused-ring (bicyclic) bond motifs is 6. The highest BCUT2D eigenvalue weighted by Crippen LogP contribution is 2.52. The van der Waals surface area contributed by atoms with Gasteiger partial charge in [0, 0.05) is 88.0 Å². The van der Waals surface area contributed by atoms with Gasteiger partial charge >= 0.3 is 5.97 Å². The lowest BCUT2D eigenvalue weighted by Gasteiger charge is -2.12. The van der Waals surface area contributed by atoms with Gasteiger partial charge in [-0.25, -0.2) is 27.3 Å². The number of carboxylic acid groups (broad SMARTS) is 1. The van der Waals surface area contributed by atoms with Crippen molar-refractivity contribution in [2.75, 3.05) is 5.73 Å². The molecule has 0 aliphatic heterocycles. The Morgan fingerprint density at radius 3 is 1.28 bits per heavy atom. The lowest BCUT2D eigenvalue weighted by Crippen LogP contribution is -2.09. The van der Waals surface area contributed by atoms with Crippen molar-refractivity contribution in [2.45, 2.75) is 83.5 Å². The zero-order valence-electron chi connectivity index (χ0n) is 48.7. The highest BCUT2D eigenvalue weighted by Gasteiger charge is 2.41. The van der Waals surface area contributed by atoms with Crippen molar-refractivity contribution in [3.05, 3.63) is 197 Å². The summed E-state index contributed by atoms with van der Waals surface area (Å²) >= 11 is 5.52. The van der Waals surface area contributed by atoms with Crippen molar-refractivity contribution in [1.82, 2.24) is 24.9 Å². The number of hydrogen-bond acceptors (Lipinski definition) is 12. The molecule has 0 spiro atoms. The van der Waals surface area contributed by atoms with Crippen LogP contribution in [0.25, 0.3) is 49.4 Å². The SMILES string of the molecule is N#Cc1ccc(CC(=O)C[C@@H]2C[C@@H]3CC(c4ccnc5ccc(F)cc45)=C[C@@H]3C2)cn1.N#Cc1ccc(N)cn1.O=C(Cl)CC1C[C@@H]2CC(c3ccnc4ccc(F)cc34)=C[C@@H]2C1.O=C(O)CC1C[C@@H]2CC(c3ccnc4ccc(F)cc34)=C[C@@H]2C1.O=S(Cl)Cl. The van der Waals surface area contributed by atoms with Crippen LogP contribution in [0, 0.1) is 93.4 Å². The van der Waals surface area contributed by atoms with E-state index in [9.17, 15) is 27.6 Å². The van der Waals surface area contributed by atoms with Gasteiger partial charge in [0.05, 0.1) is 28.4 Å². The number of Topliss-reactive ketones (excluding diaryl/α,β-unsaturated/α-hetero) is 1. The van der Waals surface area contributed by atoms with Crippen molar-refractivity contribution in [3.63, 3.8) is 0 Å². The van der Waals surface area contributed by atoms with Crippen LogP contribution >= 0.6 is 33.0 Å². The van der Waals surface area contributed by atoms with E-state index in [-0.39, 0.29) is 34.9 Å². The van der Waals surface area contributed by atoms with Gasteiger partial charge in [0.1, 0.15) is 46.8 Å². The molecule has 2 unspecified atom stereocenters. The van der Waals surface area contributed by atoms with Crippen molar-refractivity contribution in [2.24, 2.45) is 53.3 Å². The summed E-state index contributed by atoms with van der Waals surface area (Å²) in [6, 6.07) is 30.7. The van der Waals surface area contributed by atoms with Crippen molar-refractivity contribution < 1.29 is 36.9 Å². The average Bonchev–Trinajstić information content (AvgIpc) is 1.62. The molecule has 0 saturated heterocycles. The van der Waals surface area contributed by atoms with E-state index >= 15 is 0 Å². The van der Waals surface area contributed by atoms with Crippen LogP contribution in [0.2, 0.25) is 0 Å². The first kappa shape index (κ1) is 64.8. The van der Waals surface area contributed by atoms with E-state index in [0.717, 1.165) is 113 Å². The van der Waals surface area contributed by atoms with Gasteiger partial charge in [0.25, 0.3) is 0 Å². The average molecular weight is 1290 g/mol. The maximum Gasteiger partial charge on any atom is 0.303 e. The third-order valence-corrected chi connectivity index (χ3v) is 18.2. The molecule has 0 amide bonds. The van der Waals surface area contributed by atoms with Crippen LogP contribution in [-0.2, 0) is 30.0 Å². The number of nitrogens with zero attached hydrogens (tertiary/aromatic N) is 7. The Morgan fingerprint density at radius 2 is 0.933 bits per heavy atom. The Bertz CT molecular complexity index is 4080. The van der Waals surface area contributed by atoms with Crippen LogP contribution in [0.5, 0.6) is 0 Å². The van der Waals surface area contributed by atoms with Crippen LogP contribution < -0.4 is 5.73 Å². The van der Waals surface area contributed by atoms with E-state index in [1.807, 2.05) is 36.4 Å². The van der Waals surface area contributed by atoms with Crippen molar-refractivity contribution >= 4 is 114 Å². The molecule has 3 fully saturated rings. The largest absolute Gasteiger partial charge is 0.481 e. The fourth-order valence-corrected chi connectivity index (χ4v) is 14.6. The fourth-order valence-electron chi connectivity index (χ4n) is 14.4. The minimum atomic E-state index is -1.67. The number of nitrogen functional groups attached to an aromatic ring is 1. The minimum Gasteiger partial charge on any atom is -0.481 e. The molecule has 90 heavy (non-hydrogen) atoms. The molecule has 8 aromatic rings. The lowest BCUT2D eigenvalue weighted by atomic mass is 9.93.